The minimum absolute atomic E-state index is 0.0159. The van der Waals surface area contributed by atoms with Crippen molar-refractivity contribution in [2.24, 2.45) is 0 Å². The Morgan fingerprint density at radius 1 is 1.71 bits per heavy atom. The van der Waals surface area contributed by atoms with Crippen LogP contribution >= 0.6 is 15.9 Å². The molecule has 1 aromatic heterocycles. The lowest BCUT2D eigenvalue weighted by Crippen LogP contribution is -2.10. The topological polar surface area (TPSA) is 63.0 Å². The molecule has 90 valence electrons. The van der Waals surface area contributed by atoms with Crippen LogP contribution in [-0.4, -0.2) is 18.1 Å². The molecule has 0 aliphatic carbocycles. The molecule has 1 aromatic rings. The number of aromatic nitrogens is 1. The van der Waals surface area contributed by atoms with Gasteiger partial charge in [-0.3, -0.25) is 9.78 Å². The van der Waals surface area contributed by atoms with Crippen molar-refractivity contribution in [3.8, 4) is 6.07 Å². The Morgan fingerprint density at radius 3 is 2.82 bits per heavy atom. The molecule has 0 saturated heterocycles. The number of carbonyl (C=O) groups is 1. The Hall–Kier alpha value is -1.55. The molecule has 0 amide bonds. The second-order valence-electron chi connectivity index (χ2n) is 3.01. The summed E-state index contributed by atoms with van der Waals surface area (Å²) in [5.74, 6) is -0.642. The average molecular weight is 305 g/mol. The lowest BCUT2D eigenvalue weighted by molar-refractivity contribution is -0.139. The summed E-state index contributed by atoms with van der Waals surface area (Å²) in [6, 6.07) is 1.64. The number of carbonyl (C=O) groups excluding carboxylic acids is 1. The molecule has 17 heavy (non-hydrogen) atoms. The van der Waals surface area contributed by atoms with Crippen LogP contribution in [0.2, 0.25) is 0 Å². The second kappa shape index (κ2) is 5.68. The van der Waals surface area contributed by atoms with Gasteiger partial charge in [-0.05, 0) is 15.9 Å². The van der Waals surface area contributed by atoms with Crippen molar-refractivity contribution < 1.29 is 18.3 Å². The highest BCUT2D eigenvalue weighted by atomic mass is 79.9. The van der Waals surface area contributed by atoms with E-state index in [4.69, 9.17) is 5.26 Å². The average Bonchev–Trinajstić information content (AvgIpc) is 2.30. The standard InChI is InChI=1S/C10H7BrF2N2O2/c1-17-8(16)2-7-5(3-14)9(10(12)13)6(11)4-15-7/h4,10H,2H2,1H3. The molecule has 0 spiro atoms. The molecule has 1 heterocycles. The van der Waals surface area contributed by atoms with Crippen LogP contribution in [0.5, 0.6) is 0 Å². The third kappa shape index (κ3) is 2.97. The number of hydrogen-bond acceptors (Lipinski definition) is 4. The van der Waals surface area contributed by atoms with Gasteiger partial charge in [-0.2, -0.15) is 5.26 Å². The van der Waals surface area contributed by atoms with Crippen molar-refractivity contribution in [3.05, 3.63) is 27.5 Å². The van der Waals surface area contributed by atoms with Crippen molar-refractivity contribution in [2.45, 2.75) is 12.8 Å². The largest absolute Gasteiger partial charge is 0.469 e. The number of ether oxygens (including phenoxy) is 1. The van der Waals surface area contributed by atoms with E-state index in [1.54, 1.807) is 6.07 Å². The number of hydrogen-bond donors (Lipinski definition) is 0. The summed E-state index contributed by atoms with van der Waals surface area (Å²) in [4.78, 5) is 14.8. The second-order valence-corrected chi connectivity index (χ2v) is 3.86. The summed E-state index contributed by atoms with van der Waals surface area (Å²) in [5, 5.41) is 8.86. The van der Waals surface area contributed by atoms with Crippen LogP contribution in [0.3, 0.4) is 0 Å². The normalized spacial score (nSPS) is 10.1. The highest BCUT2D eigenvalue weighted by Gasteiger charge is 2.22. The minimum atomic E-state index is -2.82. The van der Waals surface area contributed by atoms with Gasteiger partial charge in [-0.15, -0.1) is 0 Å². The minimum Gasteiger partial charge on any atom is -0.469 e. The SMILES string of the molecule is COC(=O)Cc1ncc(Br)c(C(F)F)c1C#N. The summed E-state index contributed by atoms with van der Waals surface area (Å²) in [6.45, 7) is 0. The maximum Gasteiger partial charge on any atom is 0.311 e. The molecule has 7 heteroatoms. The molecule has 0 N–H and O–H groups in total. The van der Waals surface area contributed by atoms with E-state index in [0.717, 1.165) is 6.20 Å². The molecule has 0 aliphatic rings. The van der Waals surface area contributed by atoms with Crippen LogP contribution in [-0.2, 0) is 16.0 Å². The zero-order valence-electron chi connectivity index (χ0n) is 8.71. The number of nitrogens with zero attached hydrogens (tertiary/aromatic N) is 2. The fourth-order valence-corrected chi connectivity index (χ4v) is 1.70. The van der Waals surface area contributed by atoms with E-state index in [0.29, 0.717) is 0 Å². The Morgan fingerprint density at radius 2 is 2.35 bits per heavy atom. The van der Waals surface area contributed by atoms with Gasteiger partial charge < -0.3 is 4.74 Å². The van der Waals surface area contributed by atoms with Crippen molar-refractivity contribution in [2.75, 3.05) is 7.11 Å². The van der Waals surface area contributed by atoms with Crippen molar-refractivity contribution in [3.63, 3.8) is 0 Å². The summed E-state index contributed by atoms with van der Waals surface area (Å²) >= 11 is 2.90. The summed E-state index contributed by atoms with van der Waals surface area (Å²) in [7, 11) is 1.17. The van der Waals surface area contributed by atoms with Crippen molar-refractivity contribution in [1.29, 1.82) is 5.26 Å². The van der Waals surface area contributed by atoms with E-state index < -0.39 is 18.0 Å². The number of pyridine rings is 1. The fraction of sp³-hybridized carbons (Fsp3) is 0.300. The smallest absolute Gasteiger partial charge is 0.311 e. The number of esters is 1. The molecule has 0 saturated carbocycles. The van der Waals surface area contributed by atoms with Crippen LogP contribution in [0.4, 0.5) is 8.78 Å². The molecular weight excluding hydrogens is 298 g/mol. The van der Waals surface area contributed by atoms with Gasteiger partial charge >= 0.3 is 5.97 Å². The first-order valence-corrected chi connectivity index (χ1v) is 5.22. The number of alkyl halides is 2. The van der Waals surface area contributed by atoms with E-state index in [2.05, 4.69) is 25.7 Å². The van der Waals surface area contributed by atoms with Gasteiger partial charge in [0, 0.05) is 10.7 Å². The van der Waals surface area contributed by atoms with Crippen LogP contribution < -0.4 is 0 Å². The van der Waals surface area contributed by atoms with E-state index in [1.165, 1.54) is 7.11 Å². The van der Waals surface area contributed by atoms with Gasteiger partial charge in [0.2, 0.25) is 0 Å². The number of nitriles is 1. The third-order valence-electron chi connectivity index (χ3n) is 2.02. The third-order valence-corrected chi connectivity index (χ3v) is 2.65. The lowest BCUT2D eigenvalue weighted by Gasteiger charge is -2.09. The van der Waals surface area contributed by atoms with Crippen LogP contribution in [0.1, 0.15) is 23.2 Å². The zero-order valence-corrected chi connectivity index (χ0v) is 10.3. The van der Waals surface area contributed by atoms with Crippen LogP contribution in [0, 0.1) is 11.3 Å². The highest BCUT2D eigenvalue weighted by Crippen LogP contribution is 2.31. The number of rotatable bonds is 3. The summed E-state index contributed by atoms with van der Waals surface area (Å²) in [5.41, 5.74) is -0.765. The van der Waals surface area contributed by atoms with E-state index >= 15 is 0 Å². The fourth-order valence-electron chi connectivity index (χ4n) is 1.22. The lowest BCUT2D eigenvalue weighted by atomic mass is 10.1. The molecule has 0 fully saturated rings. The molecular formula is C10H7BrF2N2O2. The van der Waals surface area contributed by atoms with E-state index in [-0.39, 0.29) is 22.2 Å². The number of halogens is 3. The van der Waals surface area contributed by atoms with Gasteiger partial charge in [-0.25, -0.2) is 8.78 Å². The quantitative estimate of drug-likeness (QED) is 0.804. The van der Waals surface area contributed by atoms with E-state index in [9.17, 15) is 13.6 Å². The van der Waals surface area contributed by atoms with Crippen LogP contribution in [0.25, 0.3) is 0 Å². The maximum absolute atomic E-state index is 12.7. The summed E-state index contributed by atoms with van der Waals surface area (Å²) in [6.07, 6.45) is -1.99. The molecule has 0 atom stereocenters. The maximum atomic E-state index is 12.7. The Kier molecular flexibility index (Phi) is 4.52. The highest BCUT2D eigenvalue weighted by molar-refractivity contribution is 9.10. The Labute approximate surface area is 104 Å². The van der Waals surface area contributed by atoms with Crippen molar-refractivity contribution >= 4 is 21.9 Å². The number of methoxy groups -OCH3 is 1. The molecule has 0 radical (unpaired) electrons. The van der Waals surface area contributed by atoms with Crippen LogP contribution in [0.15, 0.2) is 10.7 Å². The van der Waals surface area contributed by atoms with Gasteiger partial charge in [-0.1, -0.05) is 0 Å². The molecule has 1 rings (SSSR count). The summed E-state index contributed by atoms with van der Waals surface area (Å²) < 4.78 is 29.9. The molecule has 0 bridgehead atoms. The van der Waals surface area contributed by atoms with Gasteiger partial charge in [0.1, 0.15) is 6.07 Å². The first-order chi connectivity index (χ1) is 8.01. The monoisotopic (exact) mass is 304 g/mol. The van der Waals surface area contributed by atoms with Crippen molar-refractivity contribution in [1.82, 2.24) is 4.98 Å². The Bertz CT molecular complexity index is 486. The molecule has 4 nitrogen and oxygen atoms in total. The first kappa shape index (κ1) is 13.5. The predicted octanol–water partition coefficient (Wildman–Crippen LogP) is 2.37. The van der Waals surface area contributed by atoms with Gasteiger partial charge in [0.05, 0.1) is 30.4 Å². The van der Waals surface area contributed by atoms with Gasteiger partial charge in [0.25, 0.3) is 6.43 Å². The molecule has 0 aliphatic heterocycles. The first-order valence-electron chi connectivity index (χ1n) is 4.43. The zero-order chi connectivity index (χ0) is 13.0. The van der Waals surface area contributed by atoms with E-state index in [1.807, 2.05) is 0 Å². The molecule has 0 aromatic carbocycles. The predicted molar refractivity (Wildman–Crippen MR) is 57.3 cm³/mol. The Balaban J connectivity index is 3.29. The molecule has 0 unspecified atom stereocenters. The van der Waals surface area contributed by atoms with Gasteiger partial charge in [0.15, 0.2) is 0 Å².